The first-order chi connectivity index (χ1) is 12.5. The molecule has 0 aliphatic heterocycles. The number of nitrogens with zero attached hydrogens (tertiary/aromatic N) is 1. The molecule has 1 aromatic rings. The molecule has 2 saturated carbocycles. The fourth-order valence-electron chi connectivity index (χ4n) is 4.27. The van der Waals surface area contributed by atoms with Crippen LogP contribution in [0, 0.1) is 11.8 Å². The summed E-state index contributed by atoms with van der Waals surface area (Å²) in [5.74, 6) is 2.62. The van der Waals surface area contributed by atoms with E-state index in [-0.39, 0.29) is 28.2 Å². The van der Waals surface area contributed by atoms with Crippen LogP contribution in [-0.2, 0) is 16.6 Å². The SMILES string of the molecule is CCNC(=NCc1ccc(S(N)(=O)=O)s1)NC1CCC2CCCCC2C1.I. The van der Waals surface area contributed by atoms with Crippen LogP contribution in [0.4, 0.5) is 0 Å². The second kappa shape index (κ2) is 10.4. The Morgan fingerprint density at radius 3 is 2.63 bits per heavy atom. The van der Waals surface area contributed by atoms with Gasteiger partial charge in [0, 0.05) is 17.5 Å². The lowest BCUT2D eigenvalue weighted by Crippen LogP contribution is -2.46. The van der Waals surface area contributed by atoms with Crippen LogP contribution >= 0.6 is 35.3 Å². The van der Waals surface area contributed by atoms with Crippen LogP contribution in [0.15, 0.2) is 21.3 Å². The van der Waals surface area contributed by atoms with Crippen LogP contribution in [0.1, 0.15) is 56.7 Å². The van der Waals surface area contributed by atoms with Crippen molar-refractivity contribution in [3.8, 4) is 0 Å². The normalized spacial score (nSPS) is 26.0. The zero-order chi connectivity index (χ0) is 18.6. The summed E-state index contributed by atoms with van der Waals surface area (Å²) in [6.07, 6.45) is 9.35. The molecule has 6 nitrogen and oxygen atoms in total. The Labute approximate surface area is 183 Å². The van der Waals surface area contributed by atoms with Gasteiger partial charge in [-0.25, -0.2) is 18.5 Å². The molecule has 9 heteroatoms. The second-order valence-corrected chi connectivity index (χ2v) is 10.4. The van der Waals surface area contributed by atoms with E-state index >= 15 is 0 Å². The molecular weight excluding hydrogens is 495 g/mol. The van der Waals surface area contributed by atoms with E-state index in [4.69, 9.17) is 5.14 Å². The Bertz CT molecular complexity index is 735. The van der Waals surface area contributed by atoms with Gasteiger partial charge in [-0.05, 0) is 50.2 Å². The number of fused-ring (bicyclic) bond motifs is 1. The zero-order valence-corrected chi connectivity index (χ0v) is 19.8. The minimum Gasteiger partial charge on any atom is -0.357 e. The van der Waals surface area contributed by atoms with E-state index in [0.29, 0.717) is 12.6 Å². The molecule has 3 rings (SSSR count). The predicted molar refractivity (Wildman–Crippen MR) is 122 cm³/mol. The van der Waals surface area contributed by atoms with E-state index in [1.165, 1.54) is 56.3 Å². The number of sulfonamides is 1. The van der Waals surface area contributed by atoms with Gasteiger partial charge in [0.15, 0.2) is 5.96 Å². The molecule has 2 fully saturated rings. The van der Waals surface area contributed by atoms with Crippen LogP contribution in [-0.4, -0.2) is 27.0 Å². The van der Waals surface area contributed by atoms with Crippen molar-refractivity contribution in [2.75, 3.05) is 6.54 Å². The van der Waals surface area contributed by atoms with E-state index in [1.54, 1.807) is 12.1 Å². The first kappa shape index (κ1) is 22.9. The molecule has 0 spiro atoms. The summed E-state index contributed by atoms with van der Waals surface area (Å²) in [5, 5.41) is 12.1. The molecule has 2 aliphatic carbocycles. The van der Waals surface area contributed by atoms with E-state index in [1.807, 2.05) is 0 Å². The maximum Gasteiger partial charge on any atom is 0.247 e. The summed E-state index contributed by atoms with van der Waals surface area (Å²) >= 11 is 1.19. The van der Waals surface area contributed by atoms with Crippen molar-refractivity contribution in [2.24, 2.45) is 22.0 Å². The average molecular weight is 527 g/mol. The minimum atomic E-state index is -3.63. The lowest BCUT2D eigenvalue weighted by atomic mass is 9.69. The van der Waals surface area contributed by atoms with Crippen molar-refractivity contribution in [3.63, 3.8) is 0 Å². The molecule has 0 amide bonds. The van der Waals surface area contributed by atoms with Crippen LogP contribution in [0.25, 0.3) is 0 Å². The molecule has 0 bridgehead atoms. The van der Waals surface area contributed by atoms with E-state index in [9.17, 15) is 8.42 Å². The molecule has 154 valence electrons. The summed E-state index contributed by atoms with van der Waals surface area (Å²) < 4.78 is 23.0. The van der Waals surface area contributed by atoms with Gasteiger partial charge in [-0.3, -0.25) is 0 Å². The molecule has 27 heavy (non-hydrogen) atoms. The molecule has 0 saturated heterocycles. The number of hydrogen-bond donors (Lipinski definition) is 3. The van der Waals surface area contributed by atoms with E-state index in [2.05, 4.69) is 22.5 Å². The first-order valence-corrected chi connectivity index (χ1v) is 12.0. The van der Waals surface area contributed by atoms with Gasteiger partial charge in [0.05, 0.1) is 6.54 Å². The number of guanidine groups is 1. The van der Waals surface area contributed by atoms with Crippen molar-refractivity contribution >= 4 is 51.3 Å². The molecule has 1 aromatic heterocycles. The van der Waals surface area contributed by atoms with Gasteiger partial charge in [-0.15, -0.1) is 35.3 Å². The number of thiophene rings is 1. The lowest BCUT2D eigenvalue weighted by Gasteiger charge is -2.39. The van der Waals surface area contributed by atoms with Gasteiger partial charge < -0.3 is 10.6 Å². The number of halogens is 1. The van der Waals surface area contributed by atoms with Gasteiger partial charge in [0.2, 0.25) is 10.0 Å². The van der Waals surface area contributed by atoms with Crippen molar-refractivity contribution in [3.05, 3.63) is 17.0 Å². The summed E-state index contributed by atoms with van der Waals surface area (Å²) in [4.78, 5) is 5.54. The Morgan fingerprint density at radius 2 is 1.96 bits per heavy atom. The summed E-state index contributed by atoms with van der Waals surface area (Å²) in [5.41, 5.74) is 0. The van der Waals surface area contributed by atoms with Crippen molar-refractivity contribution < 1.29 is 8.42 Å². The minimum absolute atomic E-state index is 0. The largest absolute Gasteiger partial charge is 0.357 e. The van der Waals surface area contributed by atoms with Crippen molar-refractivity contribution in [2.45, 2.75) is 68.7 Å². The van der Waals surface area contributed by atoms with Crippen molar-refractivity contribution in [1.82, 2.24) is 10.6 Å². The third-order valence-electron chi connectivity index (χ3n) is 5.54. The van der Waals surface area contributed by atoms with Crippen molar-refractivity contribution in [1.29, 1.82) is 0 Å². The smallest absolute Gasteiger partial charge is 0.247 e. The van der Waals surface area contributed by atoms with Crippen LogP contribution in [0.3, 0.4) is 0 Å². The van der Waals surface area contributed by atoms with Gasteiger partial charge in [-0.2, -0.15) is 0 Å². The average Bonchev–Trinajstić information content (AvgIpc) is 3.09. The summed E-state index contributed by atoms with van der Waals surface area (Å²) in [6, 6.07) is 3.82. The summed E-state index contributed by atoms with van der Waals surface area (Å²) in [7, 11) is -3.63. The molecular formula is C18H31IN4O2S2. The molecule has 0 aromatic carbocycles. The maximum atomic E-state index is 11.4. The number of primary sulfonamides is 1. The quantitative estimate of drug-likeness (QED) is 0.311. The molecule has 0 radical (unpaired) electrons. The molecule has 3 unspecified atom stereocenters. The third-order valence-corrected chi connectivity index (χ3v) is 8.04. The predicted octanol–water partition coefficient (Wildman–Crippen LogP) is 3.43. The molecule has 1 heterocycles. The van der Waals surface area contributed by atoms with Gasteiger partial charge >= 0.3 is 0 Å². The van der Waals surface area contributed by atoms with Gasteiger partial charge in [-0.1, -0.05) is 25.7 Å². The first-order valence-electron chi connectivity index (χ1n) is 9.62. The fourth-order valence-corrected chi connectivity index (χ4v) is 5.97. The Morgan fingerprint density at radius 1 is 1.22 bits per heavy atom. The molecule has 4 N–H and O–H groups in total. The third kappa shape index (κ3) is 6.57. The number of nitrogens with one attached hydrogen (secondary N) is 2. The van der Waals surface area contributed by atoms with Crippen LogP contribution in [0.5, 0.6) is 0 Å². The topological polar surface area (TPSA) is 96.6 Å². The fraction of sp³-hybridized carbons (Fsp3) is 0.722. The Hall–Kier alpha value is -0.390. The Kier molecular flexibility index (Phi) is 8.82. The number of hydrogen-bond acceptors (Lipinski definition) is 4. The van der Waals surface area contributed by atoms with Crippen LogP contribution in [0.2, 0.25) is 0 Å². The van der Waals surface area contributed by atoms with Crippen LogP contribution < -0.4 is 15.8 Å². The van der Waals surface area contributed by atoms with E-state index < -0.39 is 10.0 Å². The number of nitrogens with two attached hydrogens (primary N) is 1. The lowest BCUT2D eigenvalue weighted by molar-refractivity contribution is 0.150. The highest BCUT2D eigenvalue weighted by Crippen LogP contribution is 2.40. The highest BCUT2D eigenvalue weighted by molar-refractivity contribution is 14.0. The van der Waals surface area contributed by atoms with Gasteiger partial charge in [0.25, 0.3) is 0 Å². The molecule has 2 aliphatic rings. The summed E-state index contributed by atoms with van der Waals surface area (Å²) in [6.45, 7) is 3.31. The Balaban J connectivity index is 0.00000261. The highest BCUT2D eigenvalue weighted by Gasteiger charge is 2.32. The number of aliphatic imine (C=N–C) groups is 1. The zero-order valence-electron chi connectivity index (χ0n) is 15.8. The standard InChI is InChI=1S/C18H30N4O2S2.HI/c1-2-20-18(21-12-16-9-10-17(25-16)26(19,23)24)22-15-8-7-13-5-3-4-6-14(13)11-15;/h9-10,13-15H,2-8,11-12H2,1H3,(H2,19,23,24)(H2,20,21,22);1H. The second-order valence-electron chi connectivity index (χ2n) is 7.42. The molecule has 3 atom stereocenters. The number of rotatable bonds is 5. The maximum absolute atomic E-state index is 11.4. The van der Waals surface area contributed by atoms with Gasteiger partial charge in [0.1, 0.15) is 4.21 Å². The highest BCUT2D eigenvalue weighted by atomic mass is 127. The monoisotopic (exact) mass is 526 g/mol. The van der Waals surface area contributed by atoms with E-state index in [0.717, 1.165) is 29.2 Å².